The van der Waals surface area contributed by atoms with Crippen LogP contribution in [0.1, 0.15) is 120 Å². The molecule has 0 N–H and O–H groups in total. The number of hydrogen-bond acceptors (Lipinski definition) is 2. The summed E-state index contributed by atoms with van der Waals surface area (Å²) < 4.78 is 0. The Bertz CT molecular complexity index is 2670. The highest BCUT2D eigenvalue weighted by atomic mass is 32.2. The topological polar surface area (TPSA) is 3.24 Å². The third-order valence-corrected chi connectivity index (χ3v) is 17.9. The fourth-order valence-electron chi connectivity index (χ4n) is 14.2. The van der Waals surface area contributed by atoms with Crippen LogP contribution in [0.25, 0.3) is 22.3 Å². The highest BCUT2D eigenvalue weighted by molar-refractivity contribution is 7.99. The first-order valence-corrected chi connectivity index (χ1v) is 23.5. The van der Waals surface area contributed by atoms with E-state index in [2.05, 4.69) is 186 Å². The first-order valence-electron chi connectivity index (χ1n) is 22.7. The van der Waals surface area contributed by atoms with Crippen molar-refractivity contribution >= 4 is 28.8 Å². The van der Waals surface area contributed by atoms with Gasteiger partial charge in [0.15, 0.2) is 0 Å². The molecule has 0 unspecified atom stereocenters. The predicted molar refractivity (Wildman–Crippen MR) is 248 cm³/mol. The van der Waals surface area contributed by atoms with Crippen molar-refractivity contribution in [3.8, 4) is 22.3 Å². The molecule has 6 aromatic carbocycles. The average Bonchev–Trinajstić information content (AvgIpc) is 3.46. The second kappa shape index (κ2) is 12.5. The van der Waals surface area contributed by atoms with E-state index < -0.39 is 0 Å². The van der Waals surface area contributed by atoms with Gasteiger partial charge in [0, 0.05) is 26.3 Å². The van der Waals surface area contributed by atoms with E-state index in [9.17, 15) is 0 Å². The Balaban J connectivity index is 1.14. The van der Waals surface area contributed by atoms with Crippen LogP contribution < -0.4 is 4.90 Å². The van der Waals surface area contributed by atoms with E-state index in [4.69, 9.17) is 0 Å². The number of fused-ring (bicyclic) bond motifs is 6. The van der Waals surface area contributed by atoms with Crippen molar-refractivity contribution in [1.29, 1.82) is 0 Å². The summed E-state index contributed by atoms with van der Waals surface area (Å²) in [4.78, 5) is 5.69. The third kappa shape index (κ3) is 4.99. The van der Waals surface area contributed by atoms with E-state index in [0.717, 1.165) is 11.8 Å². The summed E-state index contributed by atoms with van der Waals surface area (Å²) in [6.45, 7) is 14.8. The lowest BCUT2D eigenvalue weighted by Crippen LogP contribution is -2.57. The number of hydrogen-bond donors (Lipinski definition) is 0. The predicted octanol–water partition coefficient (Wildman–Crippen LogP) is 15.7. The van der Waals surface area contributed by atoms with Crippen molar-refractivity contribution < 1.29 is 0 Å². The first-order chi connectivity index (χ1) is 28.5. The molecule has 4 saturated carbocycles. The van der Waals surface area contributed by atoms with Crippen LogP contribution in [-0.2, 0) is 21.7 Å². The van der Waals surface area contributed by atoms with Crippen LogP contribution in [0.15, 0.2) is 137 Å². The zero-order chi connectivity index (χ0) is 40.1. The summed E-state index contributed by atoms with van der Waals surface area (Å²) in [5.41, 5.74) is 18.7. The number of anilines is 3. The fraction of sp³-hybridized carbons (Fsp3) is 0.368. The average molecular weight is 788 g/mol. The van der Waals surface area contributed by atoms with Gasteiger partial charge < -0.3 is 4.90 Å². The molecule has 59 heavy (non-hydrogen) atoms. The molecule has 0 radical (unpaired) electrons. The van der Waals surface area contributed by atoms with Crippen LogP contribution in [0, 0.1) is 23.7 Å². The van der Waals surface area contributed by atoms with E-state index in [0.29, 0.717) is 11.8 Å². The van der Waals surface area contributed by atoms with Crippen LogP contribution in [0.2, 0.25) is 0 Å². The molecule has 7 aliphatic rings. The standard InChI is InChI=1S/C57H57NS/c1-54(2)27-28-55(3,4)52-45(54)20-13-22-48(52)58(40-25-26-43-42-17-10-11-19-44(42)56(5,6)47(43)34-40)49-23-14-21-46-53(49)59-50-24-12-18-41(37-15-8-7-9-16-37)51(50)57(46)38-30-35-29-36(32-38)33-39(57)31-35/h7-26,34-36,38-39H,27-33H2,1-6H3. The molecular formula is C57H57NS. The Kier molecular flexibility index (Phi) is 7.70. The molecule has 6 aliphatic carbocycles. The molecular weight excluding hydrogens is 731 g/mol. The van der Waals surface area contributed by atoms with E-state index in [1.54, 1.807) is 11.1 Å². The molecule has 1 aliphatic heterocycles. The van der Waals surface area contributed by atoms with E-state index in [1.165, 1.54) is 116 Å². The molecule has 0 amide bonds. The molecule has 13 rings (SSSR count). The number of benzene rings is 6. The van der Waals surface area contributed by atoms with Gasteiger partial charge in [-0.2, -0.15) is 0 Å². The molecule has 0 saturated heterocycles. The molecule has 0 aromatic heterocycles. The molecule has 296 valence electrons. The largest absolute Gasteiger partial charge is 0.309 e. The van der Waals surface area contributed by atoms with Gasteiger partial charge in [-0.05, 0) is 165 Å². The second-order valence-electron chi connectivity index (χ2n) is 21.2. The minimum Gasteiger partial charge on any atom is -0.309 e. The summed E-state index contributed by atoms with van der Waals surface area (Å²) in [5, 5.41) is 0. The Morgan fingerprint density at radius 2 is 1.10 bits per heavy atom. The monoisotopic (exact) mass is 787 g/mol. The van der Waals surface area contributed by atoms with Gasteiger partial charge in [0.2, 0.25) is 0 Å². The van der Waals surface area contributed by atoms with Gasteiger partial charge in [-0.3, -0.25) is 0 Å². The molecule has 0 atom stereocenters. The maximum absolute atomic E-state index is 2.74. The highest BCUT2D eigenvalue weighted by Gasteiger charge is 2.61. The van der Waals surface area contributed by atoms with Gasteiger partial charge in [-0.15, -0.1) is 0 Å². The molecule has 1 spiro atoms. The smallest absolute Gasteiger partial charge is 0.0604 e. The number of rotatable bonds is 4. The molecule has 4 fully saturated rings. The summed E-state index contributed by atoms with van der Waals surface area (Å²) in [6.07, 6.45) is 9.29. The zero-order valence-electron chi connectivity index (χ0n) is 35.7. The summed E-state index contributed by atoms with van der Waals surface area (Å²) >= 11 is 2.06. The first kappa shape index (κ1) is 36.3. The van der Waals surface area contributed by atoms with Gasteiger partial charge in [0.25, 0.3) is 0 Å². The zero-order valence-corrected chi connectivity index (χ0v) is 36.6. The SMILES string of the molecule is CC1(C)CCC(C)(C)c2c(N(c3ccc4c(c3)C(C)(C)c3ccccc3-4)c3cccc4c3Sc3cccc(-c5ccccc5)c3C43C4CC5CC(C4)CC3C5)cccc21. The van der Waals surface area contributed by atoms with Crippen molar-refractivity contribution in [2.45, 2.75) is 118 Å². The van der Waals surface area contributed by atoms with Crippen molar-refractivity contribution in [3.63, 3.8) is 0 Å². The van der Waals surface area contributed by atoms with Gasteiger partial charge >= 0.3 is 0 Å². The van der Waals surface area contributed by atoms with Crippen LogP contribution >= 0.6 is 11.8 Å². The van der Waals surface area contributed by atoms with Gasteiger partial charge in [0.1, 0.15) is 0 Å². The maximum Gasteiger partial charge on any atom is 0.0604 e. The lowest BCUT2D eigenvalue weighted by Gasteiger charge is -2.63. The van der Waals surface area contributed by atoms with Crippen LogP contribution in [-0.4, -0.2) is 0 Å². The fourth-order valence-corrected chi connectivity index (χ4v) is 15.5. The second-order valence-corrected chi connectivity index (χ2v) is 22.2. The van der Waals surface area contributed by atoms with E-state index in [-0.39, 0.29) is 21.7 Å². The lowest BCUT2D eigenvalue weighted by atomic mass is 9.41. The van der Waals surface area contributed by atoms with Gasteiger partial charge in [0.05, 0.1) is 11.4 Å². The van der Waals surface area contributed by atoms with Gasteiger partial charge in [-0.1, -0.05) is 150 Å². The molecule has 1 heterocycles. The Morgan fingerprint density at radius 1 is 0.492 bits per heavy atom. The van der Waals surface area contributed by atoms with Crippen molar-refractivity contribution in [1.82, 2.24) is 0 Å². The normalized spacial score (nSPS) is 26.7. The van der Waals surface area contributed by atoms with Crippen molar-refractivity contribution in [3.05, 3.63) is 161 Å². The molecule has 1 nitrogen and oxygen atoms in total. The van der Waals surface area contributed by atoms with E-state index in [1.807, 2.05) is 0 Å². The molecule has 6 aromatic rings. The Hall–Kier alpha value is -4.53. The summed E-state index contributed by atoms with van der Waals surface area (Å²) in [7, 11) is 0. The number of nitrogens with zero attached hydrogens (tertiary/aromatic N) is 1. The minimum absolute atomic E-state index is 0.00357. The lowest BCUT2D eigenvalue weighted by molar-refractivity contribution is -0.0441. The Morgan fingerprint density at radius 3 is 1.86 bits per heavy atom. The van der Waals surface area contributed by atoms with Crippen LogP contribution in [0.5, 0.6) is 0 Å². The van der Waals surface area contributed by atoms with E-state index >= 15 is 0 Å². The van der Waals surface area contributed by atoms with Crippen LogP contribution in [0.4, 0.5) is 17.1 Å². The molecule has 2 heteroatoms. The minimum atomic E-state index is -0.0902. The summed E-state index contributed by atoms with van der Waals surface area (Å²) in [5.74, 6) is 3.09. The highest BCUT2D eigenvalue weighted by Crippen LogP contribution is 2.71. The van der Waals surface area contributed by atoms with Crippen molar-refractivity contribution in [2.24, 2.45) is 23.7 Å². The Labute approximate surface area is 356 Å². The van der Waals surface area contributed by atoms with Crippen molar-refractivity contribution in [2.75, 3.05) is 4.90 Å². The maximum atomic E-state index is 2.74. The third-order valence-electron chi connectivity index (χ3n) is 16.7. The quantitative estimate of drug-likeness (QED) is 0.175. The molecule has 4 bridgehead atoms. The van der Waals surface area contributed by atoms with Gasteiger partial charge in [-0.25, -0.2) is 0 Å². The van der Waals surface area contributed by atoms with Crippen LogP contribution in [0.3, 0.4) is 0 Å². The summed E-state index contributed by atoms with van der Waals surface area (Å²) in [6, 6.07) is 50.0.